The summed E-state index contributed by atoms with van der Waals surface area (Å²) in [6, 6.07) is 24.7. The maximum absolute atomic E-state index is 11.8. The fourth-order valence-electron chi connectivity index (χ4n) is 3.89. The molecular weight excluding hydrogens is 492 g/mol. The summed E-state index contributed by atoms with van der Waals surface area (Å²) in [4.78, 5) is 25.4. The largest absolute Gasteiger partial charge is 0.338 e. The van der Waals surface area contributed by atoms with Crippen molar-refractivity contribution in [2.45, 2.75) is 9.79 Å². The smallest absolute Gasteiger partial charge is 0.248 e. The van der Waals surface area contributed by atoms with E-state index in [-0.39, 0.29) is 5.56 Å². The number of anilines is 2. The Morgan fingerprint density at radius 2 is 1.67 bits per heavy atom. The number of hydrogen-bond donors (Lipinski definition) is 2. The molecule has 36 heavy (non-hydrogen) atoms. The molecule has 0 amide bonds. The third-order valence-corrected chi connectivity index (χ3v) is 6.88. The van der Waals surface area contributed by atoms with Crippen molar-refractivity contribution in [3.8, 4) is 11.4 Å². The number of nitrogens with zero attached hydrogens (tertiary/aromatic N) is 4. The van der Waals surface area contributed by atoms with Crippen molar-refractivity contribution in [3.05, 3.63) is 107 Å². The van der Waals surface area contributed by atoms with Gasteiger partial charge in [0.2, 0.25) is 5.56 Å². The van der Waals surface area contributed by atoms with Gasteiger partial charge < -0.3 is 10.3 Å². The summed E-state index contributed by atoms with van der Waals surface area (Å²) in [6.45, 7) is 0. The van der Waals surface area contributed by atoms with Gasteiger partial charge in [-0.3, -0.25) is 14.8 Å². The molecule has 0 saturated heterocycles. The number of rotatable bonds is 5. The van der Waals surface area contributed by atoms with Crippen LogP contribution in [0.5, 0.6) is 0 Å². The highest BCUT2D eigenvalue weighted by Crippen LogP contribution is 2.34. The van der Waals surface area contributed by atoms with Crippen LogP contribution in [0.1, 0.15) is 0 Å². The van der Waals surface area contributed by atoms with Gasteiger partial charge in [-0.1, -0.05) is 47.6 Å². The van der Waals surface area contributed by atoms with E-state index in [1.807, 2.05) is 60.7 Å². The Balaban J connectivity index is 1.28. The van der Waals surface area contributed by atoms with Crippen LogP contribution in [-0.4, -0.2) is 25.1 Å². The first-order chi connectivity index (χ1) is 17.6. The normalized spacial score (nSPS) is 11.1. The Kier molecular flexibility index (Phi) is 5.80. The lowest BCUT2D eigenvalue weighted by atomic mass is 10.1. The molecule has 4 aromatic heterocycles. The van der Waals surface area contributed by atoms with E-state index < -0.39 is 0 Å². The molecule has 0 fully saturated rings. The predicted octanol–water partition coefficient (Wildman–Crippen LogP) is 6.48. The van der Waals surface area contributed by atoms with E-state index in [4.69, 9.17) is 11.6 Å². The van der Waals surface area contributed by atoms with Crippen LogP contribution >= 0.6 is 23.4 Å². The monoisotopic (exact) mass is 508 g/mol. The molecule has 0 spiro atoms. The summed E-state index contributed by atoms with van der Waals surface area (Å²) in [5, 5.41) is 14.7. The van der Waals surface area contributed by atoms with Gasteiger partial charge in [0, 0.05) is 44.7 Å². The minimum Gasteiger partial charge on any atom is -0.338 e. The van der Waals surface area contributed by atoms with Crippen molar-refractivity contribution in [3.63, 3.8) is 0 Å². The number of aromatic amines is 1. The van der Waals surface area contributed by atoms with Gasteiger partial charge in [0.25, 0.3) is 0 Å². The highest BCUT2D eigenvalue weighted by atomic mass is 35.5. The average molecular weight is 509 g/mol. The lowest BCUT2D eigenvalue weighted by Gasteiger charge is -2.11. The highest BCUT2D eigenvalue weighted by Gasteiger charge is 2.12. The van der Waals surface area contributed by atoms with Crippen LogP contribution < -0.4 is 10.9 Å². The SMILES string of the molecule is O=c1ccc2nccc(Sc3ccc(Nc4nnc(-c5ccc(Cl)cn5)c5ccccc45)cc3)c2[nH]1. The molecule has 174 valence electrons. The number of benzene rings is 2. The van der Waals surface area contributed by atoms with Crippen LogP contribution in [0, 0.1) is 0 Å². The summed E-state index contributed by atoms with van der Waals surface area (Å²) in [5.41, 5.74) is 3.62. The Bertz CT molecular complexity index is 1770. The molecule has 0 atom stereocenters. The fourth-order valence-corrected chi connectivity index (χ4v) is 4.91. The van der Waals surface area contributed by atoms with Gasteiger partial charge in [-0.25, -0.2) is 0 Å². The molecule has 6 rings (SSSR count). The van der Waals surface area contributed by atoms with Gasteiger partial charge >= 0.3 is 0 Å². The molecule has 7 nitrogen and oxygen atoms in total. The van der Waals surface area contributed by atoms with Crippen molar-refractivity contribution >= 4 is 56.7 Å². The van der Waals surface area contributed by atoms with Crippen molar-refractivity contribution in [1.29, 1.82) is 0 Å². The number of hydrogen-bond acceptors (Lipinski definition) is 7. The summed E-state index contributed by atoms with van der Waals surface area (Å²) < 4.78 is 0. The second kappa shape index (κ2) is 9.41. The number of pyridine rings is 3. The molecule has 0 aliphatic carbocycles. The molecule has 0 saturated carbocycles. The first-order valence-corrected chi connectivity index (χ1v) is 12.2. The predicted molar refractivity (Wildman–Crippen MR) is 144 cm³/mol. The van der Waals surface area contributed by atoms with Crippen molar-refractivity contribution in [2.75, 3.05) is 5.32 Å². The van der Waals surface area contributed by atoms with E-state index in [1.165, 1.54) is 6.07 Å². The van der Waals surface area contributed by atoms with Gasteiger partial charge in [0.05, 0.1) is 21.7 Å². The lowest BCUT2D eigenvalue weighted by molar-refractivity contribution is 1.05. The number of aromatic nitrogens is 5. The molecule has 2 aromatic carbocycles. The maximum Gasteiger partial charge on any atom is 0.248 e. The fraction of sp³-hybridized carbons (Fsp3) is 0. The van der Waals surface area contributed by atoms with Crippen LogP contribution in [0.2, 0.25) is 5.02 Å². The minimum atomic E-state index is -0.150. The van der Waals surface area contributed by atoms with Crippen molar-refractivity contribution < 1.29 is 0 Å². The first kappa shape index (κ1) is 22.2. The van der Waals surface area contributed by atoms with Crippen LogP contribution in [0.15, 0.2) is 106 Å². The Morgan fingerprint density at radius 3 is 2.47 bits per heavy atom. The van der Waals surface area contributed by atoms with Gasteiger partial charge in [-0.2, -0.15) is 0 Å². The maximum atomic E-state index is 11.8. The summed E-state index contributed by atoms with van der Waals surface area (Å²) in [7, 11) is 0. The summed E-state index contributed by atoms with van der Waals surface area (Å²) >= 11 is 7.56. The third-order valence-electron chi connectivity index (χ3n) is 5.59. The summed E-state index contributed by atoms with van der Waals surface area (Å²) in [6.07, 6.45) is 3.34. The van der Waals surface area contributed by atoms with E-state index in [0.717, 1.165) is 37.3 Å². The van der Waals surface area contributed by atoms with E-state index in [0.29, 0.717) is 22.2 Å². The molecule has 4 heterocycles. The highest BCUT2D eigenvalue weighted by molar-refractivity contribution is 7.99. The minimum absolute atomic E-state index is 0.150. The zero-order chi connectivity index (χ0) is 24.5. The average Bonchev–Trinajstić information content (AvgIpc) is 2.91. The van der Waals surface area contributed by atoms with Gasteiger partial charge in [-0.05, 0) is 48.5 Å². The Labute approximate surface area is 214 Å². The van der Waals surface area contributed by atoms with E-state index in [1.54, 1.807) is 36.3 Å². The quantitative estimate of drug-likeness (QED) is 0.275. The standard InChI is InChI=1S/C27H17ClN6OS/c28-16-5-10-21(30-15-16)25-19-3-1-2-4-20(19)27(34-33-25)31-17-6-8-18(9-7-17)36-23-13-14-29-22-11-12-24(35)32-26(22)23/h1-15H,(H,31,34)(H,32,35). The molecule has 0 radical (unpaired) electrons. The van der Waals surface area contributed by atoms with E-state index in [9.17, 15) is 4.79 Å². The molecule has 0 aliphatic heterocycles. The topological polar surface area (TPSA) is 96.5 Å². The van der Waals surface area contributed by atoms with E-state index >= 15 is 0 Å². The number of H-pyrrole nitrogens is 1. The third kappa shape index (κ3) is 4.39. The molecule has 0 bridgehead atoms. The second-order valence-corrected chi connectivity index (χ2v) is 9.50. The van der Waals surface area contributed by atoms with Crippen LogP contribution in [0.25, 0.3) is 33.2 Å². The van der Waals surface area contributed by atoms with Crippen LogP contribution in [0.3, 0.4) is 0 Å². The molecule has 9 heteroatoms. The first-order valence-electron chi connectivity index (χ1n) is 11.0. The van der Waals surface area contributed by atoms with Crippen LogP contribution in [-0.2, 0) is 0 Å². The summed E-state index contributed by atoms with van der Waals surface area (Å²) in [5.74, 6) is 0.654. The Morgan fingerprint density at radius 1 is 0.833 bits per heavy atom. The lowest BCUT2D eigenvalue weighted by Crippen LogP contribution is -2.03. The molecule has 0 unspecified atom stereocenters. The molecule has 2 N–H and O–H groups in total. The second-order valence-electron chi connectivity index (χ2n) is 7.95. The molecule has 0 aliphatic rings. The molecular formula is C27H17ClN6OS. The van der Waals surface area contributed by atoms with Gasteiger partial charge in [0.15, 0.2) is 5.82 Å². The van der Waals surface area contributed by atoms with Gasteiger partial charge in [-0.15, -0.1) is 10.2 Å². The van der Waals surface area contributed by atoms with E-state index in [2.05, 4.69) is 30.5 Å². The van der Waals surface area contributed by atoms with Gasteiger partial charge in [0.1, 0.15) is 5.69 Å². The Hall–Kier alpha value is -4.27. The van der Waals surface area contributed by atoms with Crippen molar-refractivity contribution in [1.82, 2.24) is 25.1 Å². The number of halogens is 1. The number of nitrogens with one attached hydrogen (secondary N) is 2. The molecule has 6 aromatic rings. The van der Waals surface area contributed by atoms with Crippen LogP contribution in [0.4, 0.5) is 11.5 Å². The number of fused-ring (bicyclic) bond motifs is 2. The van der Waals surface area contributed by atoms with Crippen molar-refractivity contribution in [2.24, 2.45) is 0 Å². The zero-order valence-electron chi connectivity index (χ0n) is 18.6. The zero-order valence-corrected chi connectivity index (χ0v) is 20.2.